The van der Waals surface area contributed by atoms with Gasteiger partial charge in [-0.25, -0.2) is 0 Å². The molecule has 5 heteroatoms. The number of nitrogens with two attached hydrogens (primary N) is 1. The van der Waals surface area contributed by atoms with Crippen molar-refractivity contribution in [2.45, 2.75) is 46.0 Å². The molecule has 5 nitrogen and oxygen atoms in total. The Labute approximate surface area is 124 Å². The zero-order chi connectivity index (χ0) is 15.4. The standard InChI is InChI=1S/C8H15N.C4H9N3O.C3H8/c1-9-5-7-3-2-4-8(7)6-9;1-6-7-4(5)2-3-8;1-3-2/h7-8H,2-6H2,1H3;3,6H,2H2,1H3,(H2,5,7);3H2,1-2H3/t7-,8+;;. The molecule has 2 rings (SSSR count). The first kappa shape index (κ1) is 18.9. The number of nitrogens with zero attached hydrogens (tertiary/aromatic N) is 2. The van der Waals surface area contributed by atoms with E-state index in [1.165, 1.54) is 38.8 Å². The molecule has 0 spiro atoms. The number of hydrogen-bond donors (Lipinski definition) is 2. The van der Waals surface area contributed by atoms with E-state index in [1.54, 1.807) is 7.05 Å². The van der Waals surface area contributed by atoms with Gasteiger partial charge in [-0.2, -0.15) is 5.10 Å². The van der Waals surface area contributed by atoms with Gasteiger partial charge in [0.15, 0.2) is 0 Å². The number of nitrogens with one attached hydrogen (secondary N) is 1. The lowest BCUT2D eigenvalue weighted by atomic mass is 10.0. The lowest BCUT2D eigenvalue weighted by Gasteiger charge is -2.06. The van der Waals surface area contributed by atoms with Gasteiger partial charge < -0.3 is 20.9 Å². The zero-order valence-electron chi connectivity index (χ0n) is 13.6. The van der Waals surface area contributed by atoms with E-state index in [9.17, 15) is 4.79 Å². The monoisotopic (exact) mass is 284 g/mol. The van der Waals surface area contributed by atoms with Crippen molar-refractivity contribution in [3.63, 3.8) is 0 Å². The quantitative estimate of drug-likeness (QED) is 0.359. The summed E-state index contributed by atoms with van der Waals surface area (Å²) >= 11 is 0. The fourth-order valence-corrected chi connectivity index (χ4v) is 2.74. The number of amidine groups is 1. The third-order valence-electron chi connectivity index (χ3n) is 3.46. The number of hydrogen-bond acceptors (Lipinski definition) is 4. The minimum Gasteiger partial charge on any atom is -0.385 e. The van der Waals surface area contributed by atoms with Gasteiger partial charge in [-0.05, 0) is 31.7 Å². The minimum absolute atomic E-state index is 0.195. The summed E-state index contributed by atoms with van der Waals surface area (Å²) in [5, 5.41) is 3.53. The Morgan fingerprint density at radius 1 is 1.35 bits per heavy atom. The van der Waals surface area contributed by atoms with Gasteiger partial charge in [-0.1, -0.05) is 26.7 Å². The number of rotatable bonds is 3. The summed E-state index contributed by atoms with van der Waals surface area (Å²) in [5.74, 6) is 2.47. The predicted molar refractivity (Wildman–Crippen MR) is 85.7 cm³/mol. The van der Waals surface area contributed by atoms with E-state index in [2.05, 4.69) is 36.3 Å². The van der Waals surface area contributed by atoms with Gasteiger partial charge in [0.1, 0.15) is 12.1 Å². The molecule has 2 atom stereocenters. The molecule has 118 valence electrons. The lowest BCUT2D eigenvalue weighted by Crippen LogP contribution is -2.15. The Morgan fingerprint density at radius 2 is 1.85 bits per heavy atom. The molecule has 0 radical (unpaired) electrons. The maximum Gasteiger partial charge on any atom is 0.127 e. The molecular weight excluding hydrogens is 252 g/mol. The normalized spacial score (nSPS) is 24.9. The van der Waals surface area contributed by atoms with E-state index in [1.807, 2.05) is 0 Å². The highest BCUT2D eigenvalue weighted by molar-refractivity contribution is 5.90. The number of aldehydes is 1. The maximum absolute atomic E-state index is 9.70. The van der Waals surface area contributed by atoms with Gasteiger partial charge >= 0.3 is 0 Å². The molecule has 0 unspecified atom stereocenters. The van der Waals surface area contributed by atoms with Gasteiger partial charge in [0.2, 0.25) is 0 Å². The first-order valence-corrected chi connectivity index (χ1v) is 7.69. The molecule has 20 heavy (non-hydrogen) atoms. The second-order valence-electron chi connectivity index (χ2n) is 5.58. The molecule has 0 amide bonds. The molecule has 3 N–H and O–H groups in total. The molecule has 1 saturated heterocycles. The van der Waals surface area contributed by atoms with Crippen LogP contribution >= 0.6 is 0 Å². The van der Waals surface area contributed by atoms with Crippen LogP contribution < -0.4 is 11.2 Å². The van der Waals surface area contributed by atoms with Crippen molar-refractivity contribution in [2.24, 2.45) is 22.7 Å². The molecule has 1 aliphatic carbocycles. The summed E-state index contributed by atoms with van der Waals surface area (Å²) in [6, 6.07) is 0. The van der Waals surface area contributed by atoms with Crippen molar-refractivity contribution in [1.82, 2.24) is 10.3 Å². The lowest BCUT2D eigenvalue weighted by molar-refractivity contribution is -0.106. The van der Waals surface area contributed by atoms with Crippen LogP contribution in [-0.2, 0) is 4.79 Å². The predicted octanol–water partition coefficient (Wildman–Crippen LogP) is 1.83. The van der Waals surface area contributed by atoms with Crippen molar-refractivity contribution >= 4 is 12.1 Å². The average Bonchev–Trinajstić information content (AvgIpc) is 2.91. The molecule has 0 bridgehead atoms. The van der Waals surface area contributed by atoms with Crippen LogP contribution in [-0.4, -0.2) is 44.2 Å². The number of fused-ring (bicyclic) bond motifs is 1. The highest BCUT2D eigenvalue weighted by Gasteiger charge is 2.33. The van der Waals surface area contributed by atoms with E-state index < -0.39 is 0 Å². The summed E-state index contributed by atoms with van der Waals surface area (Å²) < 4.78 is 0. The Bertz CT molecular complexity index is 269. The third-order valence-corrected chi connectivity index (χ3v) is 3.46. The van der Waals surface area contributed by atoms with Crippen molar-refractivity contribution in [3.05, 3.63) is 0 Å². The number of likely N-dealkylation sites (tertiary alicyclic amines) is 1. The van der Waals surface area contributed by atoms with Gasteiger partial charge in [0, 0.05) is 20.1 Å². The maximum atomic E-state index is 9.70. The van der Waals surface area contributed by atoms with Crippen LogP contribution in [0.3, 0.4) is 0 Å². The van der Waals surface area contributed by atoms with Crippen LogP contribution in [0.1, 0.15) is 46.0 Å². The first-order chi connectivity index (χ1) is 9.58. The Kier molecular flexibility index (Phi) is 11.1. The van der Waals surface area contributed by atoms with Gasteiger partial charge in [-0.15, -0.1) is 0 Å². The van der Waals surface area contributed by atoms with Crippen molar-refractivity contribution in [1.29, 1.82) is 0 Å². The van der Waals surface area contributed by atoms with Crippen LogP contribution in [0.4, 0.5) is 0 Å². The fraction of sp³-hybridized carbons (Fsp3) is 0.867. The second-order valence-corrected chi connectivity index (χ2v) is 5.58. The number of carbonyl (C=O) groups is 1. The Balaban J connectivity index is 0.000000306. The van der Waals surface area contributed by atoms with Crippen molar-refractivity contribution in [3.8, 4) is 0 Å². The number of carbonyl (C=O) groups excluding carboxylic acids is 1. The van der Waals surface area contributed by atoms with Crippen LogP contribution in [0.25, 0.3) is 0 Å². The highest BCUT2D eigenvalue weighted by Crippen LogP contribution is 2.36. The molecule has 1 saturated carbocycles. The van der Waals surface area contributed by atoms with Crippen LogP contribution in [0.2, 0.25) is 0 Å². The third kappa shape index (κ3) is 8.15. The van der Waals surface area contributed by atoms with E-state index in [-0.39, 0.29) is 6.42 Å². The summed E-state index contributed by atoms with van der Waals surface area (Å²) in [5.41, 5.74) is 7.61. The van der Waals surface area contributed by atoms with Crippen LogP contribution in [0.15, 0.2) is 5.10 Å². The SMILES string of the molecule is CCC.CN/N=C(\N)CC=O.CN1C[C@H]2CCC[C@H]2C1. The van der Waals surface area contributed by atoms with Crippen LogP contribution in [0, 0.1) is 11.8 Å². The fourth-order valence-electron chi connectivity index (χ4n) is 2.74. The molecule has 2 aliphatic rings. The molecule has 0 aromatic heterocycles. The summed E-state index contributed by atoms with van der Waals surface area (Å²) in [7, 11) is 3.87. The molecular formula is C15H32N4O. The molecule has 0 aromatic rings. The minimum atomic E-state index is 0.195. The summed E-state index contributed by atoms with van der Waals surface area (Å²) in [6.45, 7) is 7.01. The zero-order valence-corrected chi connectivity index (χ0v) is 13.6. The van der Waals surface area contributed by atoms with E-state index in [4.69, 9.17) is 5.73 Å². The van der Waals surface area contributed by atoms with Gasteiger partial charge in [0.05, 0.1) is 6.42 Å². The van der Waals surface area contributed by atoms with Gasteiger partial charge in [0.25, 0.3) is 0 Å². The molecule has 1 aliphatic heterocycles. The Morgan fingerprint density at radius 3 is 2.25 bits per heavy atom. The smallest absolute Gasteiger partial charge is 0.127 e. The molecule has 2 fully saturated rings. The van der Waals surface area contributed by atoms with E-state index in [0.29, 0.717) is 12.1 Å². The highest BCUT2D eigenvalue weighted by atomic mass is 16.1. The topological polar surface area (TPSA) is 70.7 Å². The van der Waals surface area contributed by atoms with Crippen molar-refractivity contribution < 1.29 is 4.79 Å². The van der Waals surface area contributed by atoms with Crippen LogP contribution in [0.5, 0.6) is 0 Å². The van der Waals surface area contributed by atoms with E-state index >= 15 is 0 Å². The first-order valence-electron chi connectivity index (χ1n) is 7.69. The Hall–Kier alpha value is -1.10. The van der Waals surface area contributed by atoms with E-state index in [0.717, 1.165) is 11.8 Å². The summed E-state index contributed by atoms with van der Waals surface area (Å²) in [4.78, 5) is 12.2. The van der Waals surface area contributed by atoms with Gasteiger partial charge in [-0.3, -0.25) is 0 Å². The largest absolute Gasteiger partial charge is 0.385 e. The van der Waals surface area contributed by atoms with Crippen molar-refractivity contribution in [2.75, 3.05) is 27.2 Å². The second kappa shape index (κ2) is 11.7. The molecule has 1 heterocycles. The molecule has 0 aromatic carbocycles. The summed E-state index contributed by atoms with van der Waals surface area (Å²) in [6.07, 6.45) is 6.67. The number of hydrazone groups is 1. The average molecular weight is 284 g/mol.